The van der Waals surface area contributed by atoms with E-state index in [0.717, 1.165) is 25.9 Å². The number of nitrogens with zero attached hydrogens (tertiary/aromatic N) is 1. The molecule has 2 aliphatic rings. The first-order valence-corrected chi connectivity index (χ1v) is 4.58. The number of halogens is 1. The Hall–Kier alpha value is -0.900. The number of rotatable bonds is 1. The van der Waals surface area contributed by atoms with E-state index in [4.69, 9.17) is 0 Å². The Morgan fingerprint density at radius 2 is 1.92 bits per heavy atom. The number of hydrogen-bond donors (Lipinski definition) is 1. The largest absolute Gasteiger partial charge is 0.328 e. The minimum Gasteiger partial charge on any atom is -0.328 e. The molecule has 2 saturated heterocycles. The van der Waals surface area contributed by atoms with E-state index in [-0.39, 0.29) is 12.1 Å². The highest BCUT2D eigenvalue weighted by molar-refractivity contribution is 5.91. The van der Waals surface area contributed by atoms with Gasteiger partial charge in [0.2, 0.25) is 0 Å². The van der Waals surface area contributed by atoms with Gasteiger partial charge in [-0.3, -0.25) is 4.79 Å². The van der Waals surface area contributed by atoms with E-state index >= 15 is 0 Å². The fourth-order valence-electron chi connectivity index (χ4n) is 2.25. The van der Waals surface area contributed by atoms with E-state index in [0.29, 0.717) is 0 Å². The summed E-state index contributed by atoms with van der Waals surface area (Å²) in [5.74, 6) is -1.35. The van der Waals surface area contributed by atoms with Gasteiger partial charge in [-0.2, -0.15) is 0 Å². The van der Waals surface area contributed by atoms with Gasteiger partial charge in [-0.15, -0.1) is 0 Å². The van der Waals surface area contributed by atoms with Gasteiger partial charge in [0.05, 0.1) is 0 Å². The summed E-state index contributed by atoms with van der Waals surface area (Å²) < 4.78 is 12.6. The van der Waals surface area contributed by atoms with Crippen LogP contribution in [0, 0.1) is 0 Å². The smallest absolute Gasteiger partial charge is 0.282 e. The van der Waals surface area contributed by atoms with Crippen LogP contribution in [-0.4, -0.2) is 36.0 Å². The van der Waals surface area contributed by atoms with Crippen molar-refractivity contribution in [2.75, 3.05) is 13.1 Å². The van der Waals surface area contributed by atoms with Crippen LogP contribution in [0.2, 0.25) is 0 Å². The Bertz CT molecular complexity index is 238. The molecule has 2 bridgehead atoms. The molecule has 0 aromatic rings. The van der Waals surface area contributed by atoms with Gasteiger partial charge in [-0.25, -0.2) is 4.39 Å². The lowest BCUT2D eigenvalue weighted by Crippen LogP contribution is -2.54. The number of carbonyl (C=O) groups excluding carboxylic acids is 1. The Balaban J connectivity index is 2.15. The van der Waals surface area contributed by atoms with Crippen LogP contribution >= 0.6 is 0 Å². The van der Waals surface area contributed by atoms with Crippen LogP contribution in [0.25, 0.3) is 0 Å². The monoisotopic (exact) mass is 184 g/mol. The summed E-state index contributed by atoms with van der Waals surface area (Å²) in [5.41, 5.74) is 0. The van der Waals surface area contributed by atoms with Crippen LogP contribution in [0.5, 0.6) is 0 Å². The molecule has 2 heterocycles. The fourth-order valence-corrected chi connectivity index (χ4v) is 2.25. The van der Waals surface area contributed by atoms with Crippen molar-refractivity contribution in [1.29, 1.82) is 0 Å². The van der Waals surface area contributed by atoms with Crippen molar-refractivity contribution in [3.63, 3.8) is 0 Å². The lowest BCUT2D eigenvalue weighted by atomic mass is 10.2. The van der Waals surface area contributed by atoms with Crippen LogP contribution in [-0.2, 0) is 4.79 Å². The van der Waals surface area contributed by atoms with Crippen LogP contribution < -0.4 is 5.32 Å². The third-order valence-corrected chi connectivity index (χ3v) is 2.85. The highest BCUT2D eigenvalue weighted by atomic mass is 19.1. The first-order chi connectivity index (χ1) is 6.20. The number of amides is 1. The zero-order valence-electron chi connectivity index (χ0n) is 7.42. The van der Waals surface area contributed by atoms with Crippen LogP contribution in [0.15, 0.2) is 12.4 Å². The van der Waals surface area contributed by atoms with Gasteiger partial charge in [-0.05, 0) is 12.8 Å². The van der Waals surface area contributed by atoms with Gasteiger partial charge in [0.25, 0.3) is 5.91 Å². The van der Waals surface area contributed by atoms with Crippen molar-refractivity contribution in [2.45, 2.75) is 24.9 Å². The minimum absolute atomic E-state index is 0.179. The average molecular weight is 184 g/mol. The summed E-state index contributed by atoms with van der Waals surface area (Å²) in [7, 11) is 0. The Labute approximate surface area is 76.6 Å². The lowest BCUT2D eigenvalue weighted by Gasteiger charge is -2.34. The van der Waals surface area contributed by atoms with Gasteiger partial charge < -0.3 is 10.2 Å². The molecule has 2 aliphatic heterocycles. The maximum absolute atomic E-state index is 12.6. The molecule has 0 aliphatic carbocycles. The van der Waals surface area contributed by atoms with Gasteiger partial charge in [0.1, 0.15) is 0 Å². The molecule has 0 spiro atoms. The maximum Gasteiger partial charge on any atom is 0.282 e. The SMILES string of the molecule is C=C(F)C(=O)N1C2CCC1CNC2. The molecule has 72 valence electrons. The first-order valence-electron chi connectivity index (χ1n) is 4.58. The summed E-state index contributed by atoms with van der Waals surface area (Å²) in [4.78, 5) is 13.0. The molecule has 2 fully saturated rings. The molecular formula is C9H13FN2O. The second kappa shape index (κ2) is 3.10. The summed E-state index contributed by atoms with van der Waals surface area (Å²) in [5, 5.41) is 3.22. The predicted octanol–water partition coefficient (Wildman–Crippen LogP) is 0.432. The average Bonchev–Trinajstić information content (AvgIpc) is 2.34. The number of piperazine rings is 1. The molecule has 13 heavy (non-hydrogen) atoms. The molecule has 1 N–H and O–H groups in total. The number of nitrogens with one attached hydrogen (secondary N) is 1. The third-order valence-electron chi connectivity index (χ3n) is 2.85. The van der Waals surface area contributed by atoms with Crippen molar-refractivity contribution in [2.24, 2.45) is 0 Å². The molecule has 0 aromatic heterocycles. The van der Waals surface area contributed by atoms with Gasteiger partial charge in [0.15, 0.2) is 5.83 Å². The van der Waals surface area contributed by atoms with E-state index in [1.165, 1.54) is 0 Å². The number of carbonyl (C=O) groups is 1. The maximum atomic E-state index is 12.6. The Morgan fingerprint density at radius 1 is 1.38 bits per heavy atom. The molecule has 4 heteroatoms. The first kappa shape index (κ1) is 8.69. The molecule has 2 atom stereocenters. The molecule has 2 unspecified atom stereocenters. The molecule has 0 aromatic carbocycles. The van der Waals surface area contributed by atoms with Crippen molar-refractivity contribution in [1.82, 2.24) is 10.2 Å². The minimum atomic E-state index is -0.834. The second-order valence-corrected chi connectivity index (χ2v) is 3.66. The summed E-state index contributed by atoms with van der Waals surface area (Å²) in [6.45, 7) is 4.62. The quantitative estimate of drug-likeness (QED) is 0.599. The van der Waals surface area contributed by atoms with E-state index < -0.39 is 11.7 Å². The normalized spacial score (nSPS) is 31.9. The molecule has 0 saturated carbocycles. The van der Waals surface area contributed by atoms with Crippen molar-refractivity contribution in [3.05, 3.63) is 12.4 Å². The Kier molecular flexibility index (Phi) is 2.07. The van der Waals surface area contributed by atoms with Gasteiger partial charge in [-0.1, -0.05) is 6.58 Å². The number of fused-ring (bicyclic) bond motifs is 2. The zero-order chi connectivity index (χ0) is 9.42. The third kappa shape index (κ3) is 1.35. The van der Waals surface area contributed by atoms with Crippen LogP contribution in [0.4, 0.5) is 4.39 Å². The van der Waals surface area contributed by atoms with Crippen molar-refractivity contribution >= 4 is 5.91 Å². The summed E-state index contributed by atoms with van der Waals surface area (Å²) in [6.07, 6.45) is 1.97. The summed E-state index contributed by atoms with van der Waals surface area (Å²) >= 11 is 0. The number of hydrogen-bond acceptors (Lipinski definition) is 2. The van der Waals surface area contributed by atoms with Crippen LogP contribution in [0.3, 0.4) is 0 Å². The second-order valence-electron chi connectivity index (χ2n) is 3.66. The molecule has 1 amide bonds. The van der Waals surface area contributed by atoms with Gasteiger partial charge >= 0.3 is 0 Å². The van der Waals surface area contributed by atoms with E-state index in [1.807, 2.05) is 0 Å². The van der Waals surface area contributed by atoms with E-state index in [9.17, 15) is 9.18 Å². The predicted molar refractivity (Wildman–Crippen MR) is 46.8 cm³/mol. The standard InChI is InChI=1S/C9H13FN2O/c1-6(10)9(13)12-7-2-3-8(12)5-11-4-7/h7-8,11H,1-5H2. The fraction of sp³-hybridized carbons (Fsp3) is 0.667. The molecule has 2 rings (SSSR count). The molecule has 0 radical (unpaired) electrons. The van der Waals surface area contributed by atoms with Crippen molar-refractivity contribution in [3.8, 4) is 0 Å². The zero-order valence-corrected chi connectivity index (χ0v) is 7.42. The van der Waals surface area contributed by atoms with E-state index in [2.05, 4.69) is 11.9 Å². The topological polar surface area (TPSA) is 32.3 Å². The summed E-state index contributed by atoms with van der Waals surface area (Å²) in [6, 6.07) is 0.359. The highest BCUT2D eigenvalue weighted by Gasteiger charge is 2.40. The van der Waals surface area contributed by atoms with Gasteiger partial charge in [0, 0.05) is 25.2 Å². The molecular weight excluding hydrogens is 171 g/mol. The lowest BCUT2D eigenvalue weighted by molar-refractivity contribution is -0.132. The molecule has 3 nitrogen and oxygen atoms in total. The van der Waals surface area contributed by atoms with Crippen LogP contribution in [0.1, 0.15) is 12.8 Å². The van der Waals surface area contributed by atoms with E-state index in [1.54, 1.807) is 4.90 Å². The Morgan fingerprint density at radius 3 is 2.38 bits per heavy atom. The highest BCUT2D eigenvalue weighted by Crippen LogP contribution is 2.27. The van der Waals surface area contributed by atoms with Crippen molar-refractivity contribution < 1.29 is 9.18 Å².